The van der Waals surface area contributed by atoms with Crippen LogP contribution in [0.25, 0.3) is 0 Å². The van der Waals surface area contributed by atoms with E-state index in [0.29, 0.717) is 6.04 Å². The van der Waals surface area contributed by atoms with Crippen molar-refractivity contribution in [1.29, 1.82) is 0 Å². The van der Waals surface area contributed by atoms with Crippen LogP contribution in [0, 0.1) is 13.8 Å². The van der Waals surface area contributed by atoms with E-state index in [9.17, 15) is 0 Å². The molecule has 0 amide bonds. The van der Waals surface area contributed by atoms with Crippen molar-refractivity contribution in [2.75, 3.05) is 20.1 Å². The first-order valence-electron chi connectivity index (χ1n) is 9.93. The summed E-state index contributed by atoms with van der Waals surface area (Å²) in [6.45, 7) is 8.60. The first-order chi connectivity index (χ1) is 12.6. The van der Waals surface area contributed by atoms with Crippen LogP contribution in [-0.4, -0.2) is 39.9 Å². The second-order valence-electron chi connectivity index (χ2n) is 8.09. The summed E-state index contributed by atoms with van der Waals surface area (Å²) in [7, 11) is 2.17. The van der Waals surface area contributed by atoms with Crippen LogP contribution < -0.4 is 0 Å². The van der Waals surface area contributed by atoms with Crippen LogP contribution in [0.15, 0.2) is 24.4 Å². The monoisotopic (exact) mass is 350 g/mol. The number of likely N-dealkylation sites (tertiary alicyclic amines) is 1. The zero-order valence-corrected chi connectivity index (χ0v) is 16.3. The molecule has 2 aliphatic heterocycles. The minimum absolute atomic E-state index is 0.357. The van der Waals surface area contributed by atoms with E-state index < -0.39 is 0 Å². The van der Waals surface area contributed by atoms with Gasteiger partial charge in [-0.1, -0.05) is 24.6 Å². The Hall–Kier alpha value is -1.78. The van der Waals surface area contributed by atoms with Crippen molar-refractivity contribution in [3.8, 4) is 0 Å². The second kappa shape index (κ2) is 7.45. The Bertz CT molecular complexity index is 786. The Morgan fingerprint density at radius 1 is 1.12 bits per heavy atom. The molecule has 4 nitrogen and oxygen atoms in total. The molecule has 138 valence electrons. The smallest absolute Gasteiger partial charge is 0.145 e. The third-order valence-corrected chi connectivity index (χ3v) is 6.01. The molecule has 1 saturated heterocycles. The number of aryl methyl sites for hydroxylation is 2. The summed E-state index contributed by atoms with van der Waals surface area (Å²) in [6.07, 6.45) is 6.85. The number of benzene rings is 1. The lowest BCUT2D eigenvalue weighted by Crippen LogP contribution is -2.35. The van der Waals surface area contributed by atoms with Gasteiger partial charge in [0.05, 0.1) is 6.04 Å². The number of rotatable bonds is 3. The highest BCUT2D eigenvalue weighted by atomic mass is 15.2. The number of hydrogen-bond donors (Lipinski definition) is 0. The van der Waals surface area contributed by atoms with Gasteiger partial charge in [-0.05, 0) is 57.0 Å². The maximum absolute atomic E-state index is 5.02. The molecule has 4 rings (SSSR count). The minimum Gasteiger partial charge on any atom is -0.302 e. The maximum Gasteiger partial charge on any atom is 0.145 e. The molecule has 26 heavy (non-hydrogen) atoms. The van der Waals surface area contributed by atoms with Gasteiger partial charge in [-0.2, -0.15) is 0 Å². The molecule has 2 aliphatic rings. The fraction of sp³-hybridized carbons (Fsp3) is 0.545. The van der Waals surface area contributed by atoms with Crippen LogP contribution >= 0.6 is 0 Å². The Morgan fingerprint density at radius 2 is 2.00 bits per heavy atom. The van der Waals surface area contributed by atoms with E-state index in [1.807, 2.05) is 0 Å². The van der Waals surface area contributed by atoms with Gasteiger partial charge < -0.3 is 4.90 Å². The number of nitrogens with zero attached hydrogens (tertiary/aromatic N) is 4. The molecular formula is C22H30N4. The number of likely N-dealkylation sites (N-methyl/N-ethyl adjacent to an activating group) is 1. The summed E-state index contributed by atoms with van der Waals surface area (Å²) < 4.78 is 0. The van der Waals surface area contributed by atoms with Crippen molar-refractivity contribution in [3.05, 3.63) is 58.2 Å². The highest BCUT2D eigenvalue weighted by Crippen LogP contribution is 2.31. The third-order valence-electron chi connectivity index (χ3n) is 6.01. The molecule has 1 aromatic heterocycles. The lowest BCUT2D eigenvalue weighted by Gasteiger charge is -2.35. The summed E-state index contributed by atoms with van der Waals surface area (Å²) in [5.74, 6) is 1.04. The van der Waals surface area contributed by atoms with Crippen molar-refractivity contribution in [3.63, 3.8) is 0 Å². The van der Waals surface area contributed by atoms with E-state index in [-0.39, 0.29) is 0 Å². The highest BCUT2D eigenvalue weighted by molar-refractivity contribution is 5.30. The van der Waals surface area contributed by atoms with E-state index in [2.05, 4.69) is 55.1 Å². The van der Waals surface area contributed by atoms with E-state index in [1.54, 1.807) is 0 Å². The van der Waals surface area contributed by atoms with E-state index >= 15 is 0 Å². The minimum atomic E-state index is 0.357. The van der Waals surface area contributed by atoms with Gasteiger partial charge in [0, 0.05) is 43.5 Å². The predicted octanol–water partition coefficient (Wildman–Crippen LogP) is 3.81. The molecule has 0 radical (unpaired) electrons. The topological polar surface area (TPSA) is 32.3 Å². The van der Waals surface area contributed by atoms with E-state index in [4.69, 9.17) is 9.97 Å². The third kappa shape index (κ3) is 3.67. The molecule has 1 atom stereocenters. The normalized spacial score (nSPS) is 21.6. The number of piperidine rings is 1. The van der Waals surface area contributed by atoms with Crippen molar-refractivity contribution in [2.45, 2.75) is 58.7 Å². The average Bonchev–Trinajstić information content (AvgIpc) is 2.65. The van der Waals surface area contributed by atoms with Crippen LogP contribution in [0.4, 0.5) is 0 Å². The molecule has 3 heterocycles. The maximum atomic E-state index is 5.02. The highest BCUT2D eigenvalue weighted by Gasteiger charge is 2.27. The Morgan fingerprint density at radius 3 is 2.85 bits per heavy atom. The van der Waals surface area contributed by atoms with Gasteiger partial charge in [-0.15, -0.1) is 0 Å². The first-order valence-corrected chi connectivity index (χ1v) is 9.93. The van der Waals surface area contributed by atoms with Gasteiger partial charge in [0.25, 0.3) is 0 Å². The van der Waals surface area contributed by atoms with Crippen molar-refractivity contribution in [1.82, 2.24) is 19.8 Å². The average molecular weight is 351 g/mol. The number of hydrogen-bond acceptors (Lipinski definition) is 4. The molecular weight excluding hydrogens is 320 g/mol. The molecule has 1 unspecified atom stereocenters. The predicted molar refractivity (Wildman–Crippen MR) is 105 cm³/mol. The number of aromatic nitrogens is 2. The largest absolute Gasteiger partial charge is 0.302 e. The molecule has 4 heteroatoms. The second-order valence-corrected chi connectivity index (χ2v) is 8.09. The summed E-state index contributed by atoms with van der Waals surface area (Å²) in [6, 6.07) is 7.22. The van der Waals surface area contributed by atoms with Crippen molar-refractivity contribution >= 4 is 0 Å². The van der Waals surface area contributed by atoms with E-state index in [1.165, 1.54) is 47.2 Å². The molecule has 0 N–H and O–H groups in total. The Kier molecular flexibility index (Phi) is 5.05. The zero-order valence-electron chi connectivity index (χ0n) is 16.3. The summed E-state index contributed by atoms with van der Waals surface area (Å²) in [5, 5.41) is 0. The lowest BCUT2D eigenvalue weighted by molar-refractivity contribution is 0.133. The molecule has 0 saturated carbocycles. The quantitative estimate of drug-likeness (QED) is 0.843. The summed E-state index contributed by atoms with van der Waals surface area (Å²) in [4.78, 5) is 14.7. The molecule has 0 aliphatic carbocycles. The van der Waals surface area contributed by atoms with Gasteiger partial charge in [-0.3, -0.25) is 4.90 Å². The van der Waals surface area contributed by atoms with Crippen LogP contribution in [0.3, 0.4) is 0 Å². The molecule has 1 fully saturated rings. The van der Waals surface area contributed by atoms with E-state index in [0.717, 1.165) is 38.4 Å². The van der Waals surface area contributed by atoms with Gasteiger partial charge in [0.15, 0.2) is 0 Å². The van der Waals surface area contributed by atoms with Gasteiger partial charge >= 0.3 is 0 Å². The van der Waals surface area contributed by atoms with Gasteiger partial charge in [0.1, 0.15) is 5.82 Å². The standard InChI is InChI=1S/C22H30N4/c1-16-7-8-18(12-17(16)2)14-26-10-5-4-6-21(26)22-23-13-19-15-25(3)11-9-20(19)24-22/h7-8,12-13,21H,4-6,9-11,14-15H2,1-3H3. The Balaban J connectivity index is 1.56. The zero-order chi connectivity index (χ0) is 18.1. The first kappa shape index (κ1) is 17.6. The van der Waals surface area contributed by atoms with Crippen LogP contribution in [-0.2, 0) is 19.5 Å². The van der Waals surface area contributed by atoms with Crippen LogP contribution in [0.2, 0.25) is 0 Å². The molecule has 0 bridgehead atoms. The summed E-state index contributed by atoms with van der Waals surface area (Å²) >= 11 is 0. The SMILES string of the molecule is Cc1ccc(CN2CCCCC2c2ncc3c(n2)CCN(C)C3)cc1C. The van der Waals surface area contributed by atoms with Gasteiger partial charge in [0.2, 0.25) is 0 Å². The van der Waals surface area contributed by atoms with Crippen LogP contribution in [0.5, 0.6) is 0 Å². The lowest BCUT2D eigenvalue weighted by atomic mass is 9.98. The summed E-state index contributed by atoms with van der Waals surface area (Å²) in [5.41, 5.74) is 6.72. The van der Waals surface area contributed by atoms with Crippen molar-refractivity contribution in [2.24, 2.45) is 0 Å². The fourth-order valence-corrected chi connectivity index (χ4v) is 4.24. The molecule has 2 aromatic rings. The Labute approximate surface area is 157 Å². The number of fused-ring (bicyclic) bond motifs is 1. The molecule has 1 aromatic carbocycles. The van der Waals surface area contributed by atoms with Gasteiger partial charge in [-0.25, -0.2) is 9.97 Å². The van der Waals surface area contributed by atoms with Crippen molar-refractivity contribution < 1.29 is 0 Å². The van der Waals surface area contributed by atoms with Crippen LogP contribution in [0.1, 0.15) is 59.1 Å². The fourth-order valence-electron chi connectivity index (χ4n) is 4.24. The molecule has 0 spiro atoms.